The molecule has 7 nitrogen and oxygen atoms in total. The van der Waals surface area contributed by atoms with Crippen molar-refractivity contribution >= 4 is 11.9 Å². The van der Waals surface area contributed by atoms with Gasteiger partial charge in [0, 0.05) is 6.20 Å². The van der Waals surface area contributed by atoms with E-state index >= 15 is 0 Å². The van der Waals surface area contributed by atoms with Gasteiger partial charge < -0.3 is 10.4 Å². The van der Waals surface area contributed by atoms with Crippen LogP contribution in [0.3, 0.4) is 0 Å². The van der Waals surface area contributed by atoms with E-state index in [2.05, 4.69) is 20.5 Å². The molecule has 1 amide bonds. The van der Waals surface area contributed by atoms with Gasteiger partial charge in [-0.2, -0.15) is 10.2 Å². The highest BCUT2D eigenvalue weighted by Gasteiger charge is 2.07. The van der Waals surface area contributed by atoms with E-state index in [0.717, 1.165) is 0 Å². The molecule has 19 heavy (non-hydrogen) atoms. The van der Waals surface area contributed by atoms with E-state index in [1.54, 1.807) is 0 Å². The summed E-state index contributed by atoms with van der Waals surface area (Å²) in [4.78, 5) is 26.5. The Morgan fingerprint density at radius 1 is 1.16 bits per heavy atom. The highest BCUT2D eigenvalue weighted by atomic mass is 16.4. The van der Waals surface area contributed by atoms with E-state index in [0.29, 0.717) is 11.3 Å². The molecular weight excluding hydrogens is 248 g/mol. The summed E-state index contributed by atoms with van der Waals surface area (Å²) in [6.45, 7) is 0.141. The fourth-order valence-electron chi connectivity index (χ4n) is 1.41. The molecule has 0 saturated carbocycles. The molecule has 0 bridgehead atoms. The Hall–Kier alpha value is -2.83. The molecule has 7 heteroatoms. The maximum absolute atomic E-state index is 11.7. The minimum absolute atomic E-state index is 0.129. The highest BCUT2D eigenvalue weighted by molar-refractivity contribution is 5.93. The molecule has 96 valence electrons. The third kappa shape index (κ3) is 3.32. The first-order chi connectivity index (χ1) is 9.16. The molecular formula is C12H10N4O3. The van der Waals surface area contributed by atoms with Gasteiger partial charge in [0.15, 0.2) is 0 Å². The Labute approximate surface area is 108 Å². The van der Waals surface area contributed by atoms with E-state index < -0.39 is 5.97 Å². The van der Waals surface area contributed by atoms with Gasteiger partial charge in [-0.1, -0.05) is 0 Å². The molecule has 0 fully saturated rings. The van der Waals surface area contributed by atoms with Crippen LogP contribution in [0.2, 0.25) is 0 Å². The van der Waals surface area contributed by atoms with Crippen molar-refractivity contribution in [3.05, 3.63) is 53.6 Å². The SMILES string of the molecule is O=C(O)c1ccnc(CNC(=O)c2ccnnc2)c1. The zero-order valence-corrected chi connectivity index (χ0v) is 9.78. The number of carboxylic acids is 1. The van der Waals surface area contributed by atoms with E-state index in [1.165, 1.54) is 36.8 Å². The maximum atomic E-state index is 11.7. The van der Waals surface area contributed by atoms with Gasteiger partial charge in [-0.05, 0) is 18.2 Å². The van der Waals surface area contributed by atoms with Gasteiger partial charge in [-0.15, -0.1) is 0 Å². The first kappa shape index (κ1) is 12.6. The number of amides is 1. The molecule has 0 spiro atoms. The van der Waals surface area contributed by atoms with Gasteiger partial charge in [-0.3, -0.25) is 9.78 Å². The van der Waals surface area contributed by atoms with Crippen molar-refractivity contribution in [1.29, 1.82) is 0 Å². The van der Waals surface area contributed by atoms with Crippen molar-refractivity contribution in [2.75, 3.05) is 0 Å². The molecule has 2 rings (SSSR count). The number of carbonyl (C=O) groups excluding carboxylic acids is 1. The number of carbonyl (C=O) groups is 2. The lowest BCUT2D eigenvalue weighted by atomic mass is 10.2. The van der Waals surface area contributed by atoms with Gasteiger partial charge in [0.2, 0.25) is 0 Å². The predicted octanol–water partition coefficient (Wildman–Crippen LogP) is 0.500. The standard InChI is InChI=1S/C12H10N4O3/c17-11(9-2-4-15-16-6-9)14-7-10-5-8(12(18)19)1-3-13-10/h1-6H,7H2,(H,14,17)(H,18,19). The lowest BCUT2D eigenvalue weighted by molar-refractivity contribution is 0.0696. The average Bonchev–Trinajstić information content (AvgIpc) is 2.46. The summed E-state index contributed by atoms with van der Waals surface area (Å²) < 4.78 is 0. The fraction of sp³-hybridized carbons (Fsp3) is 0.0833. The number of rotatable bonds is 4. The quantitative estimate of drug-likeness (QED) is 0.827. The minimum atomic E-state index is -1.03. The van der Waals surface area contributed by atoms with Crippen molar-refractivity contribution in [2.24, 2.45) is 0 Å². The van der Waals surface area contributed by atoms with Crippen molar-refractivity contribution in [3.63, 3.8) is 0 Å². The number of nitrogens with zero attached hydrogens (tertiary/aromatic N) is 3. The summed E-state index contributed by atoms with van der Waals surface area (Å²) in [5.74, 6) is -1.36. The van der Waals surface area contributed by atoms with Crippen molar-refractivity contribution in [3.8, 4) is 0 Å². The molecule has 0 atom stereocenters. The molecule has 2 heterocycles. The Morgan fingerprint density at radius 3 is 2.63 bits per heavy atom. The third-order valence-corrected chi connectivity index (χ3v) is 2.34. The molecule has 0 aliphatic carbocycles. The second-order valence-electron chi connectivity index (χ2n) is 3.65. The fourth-order valence-corrected chi connectivity index (χ4v) is 1.41. The monoisotopic (exact) mass is 258 g/mol. The van der Waals surface area contributed by atoms with Crippen LogP contribution >= 0.6 is 0 Å². The minimum Gasteiger partial charge on any atom is -0.478 e. The number of carboxylic acid groups (broad SMARTS) is 1. The lowest BCUT2D eigenvalue weighted by Crippen LogP contribution is -2.23. The number of nitrogens with one attached hydrogen (secondary N) is 1. The van der Waals surface area contributed by atoms with Gasteiger partial charge in [-0.25, -0.2) is 4.79 Å². The van der Waals surface area contributed by atoms with Crippen LogP contribution in [0.4, 0.5) is 0 Å². The van der Waals surface area contributed by atoms with E-state index in [9.17, 15) is 9.59 Å². The van der Waals surface area contributed by atoms with Crippen LogP contribution in [0.1, 0.15) is 26.4 Å². The zero-order chi connectivity index (χ0) is 13.7. The number of hydrogen-bond donors (Lipinski definition) is 2. The maximum Gasteiger partial charge on any atom is 0.335 e. The third-order valence-electron chi connectivity index (χ3n) is 2.34. The summed E-state index contributed by atoms with van der Waals surface area (Å²) in [6.07, 6.45) is 4.15. The van der Waals surface area contributed by atoms with Crippen molar-refractivity contribution in [2.45, 2.75) is 6.54 Å². The van der Waals surface area contributed by atoms with Gasteiger partial charge >= 0.3 is 5.97 Å². The molecule has 0 saturated heterocycles. The molecule has 0 radical (unpaired) electrons. The summed E-state index contributed by atoms with van der Waals surface area (Å²) in [5.41, 5.74) is 0.976. The highest BCUT2D eigenvalue weighted by Crippen LogP contribution is 2.02. The number of pyridine rings is 1. The second-order valence-corrected chi connectivity index (χ2v) is 3.65. The molecule has 2 aromatic rings. The Kier molecular flexibility index (Phi) is 3.77. The number of hydrogen-bond acceptors (Lipinski definition) is 5. The topological polar surface area (TPSA) is 105 Å². The van der Waals surface area contributed by atoms with Crippen LogP contribution in [0, 0.1) is 0 Å². The molecule has 0 aliphatic rings. The van der Waals surface area contributed by atoms with Crippen molar-refractivity contribution in [1.82, 2.24) is 20.5 Å². The predicted molar refractivity (Wildman–Crippen MR) is 64.4 cm³/mol. The first-order valence-electron chi connectivity index (χ1n) is 5.40. The number of aromatic nitrogens is 3. The molecule has 0 unspecified atom stereocenters. The summed E-state index contributed by atoms with van der Waals surface area (Å²) in [6, 6.07) is 4.33. The van der Waals surface area contributed by atoms with Gasteiger partial charge in [0.25, 0.3) is 5.91 Å². The number of aromatic carboxylic acids is 1. The normalized spacial score (nSPS) is 9.89. The van der Waals surface area contributed by atoms with Gasteiger partial charge in [0.05, 0.1) is 35.8 Å². The smallest absolute Gasteiger partial charge is 0.335 e. The summed E-state index contributed by atoms with van der Waals surface area (Å²) in [7, 11) is 0. The lowest BCUT2D eigenvalue weighted by Gasteiger charge is -2.04. The molecule has 2 aromatic heterocycles. The largest absolute Gasteiger partial charge is 0.478 e. The van der Waals surface area contributed by atoms with Crippen LogP contribution < -0.4 is 5.32 Å². The molecule has 0 aromatic carbocycles. The van der Waals surface area contributed by atoms with E-state index in [-0.39, 0.29) is 18.0 Å². The summed E-state index contributed by atoms with van der Waals surface area (Å²) in [5, 5.41) is 18.6. The Balaban J connectivity index is 2.01. The Morgan fingerprint density at radius 2 is 1.95 bits per heavy atom. The second kappa shape index (κ2) is 5.67. The molecule has 0 aliphatic heterocycles. The van der Waals surface area contributed by atoms with Crippen LogP contribution in [-0.4, -0.2) is 32.2 Å². The van der Waals surface area contributed by atoms with Crippen LogP contribution in [-0.2, 0) is 6.54 Å². The van der Waals surface area contributed by atoms with Gasteiger partial charge in [0.1, 0.15) is 0 Å². The molecule has 2 N–H and O–H groups in total. The van der Waals surface area contributed by atoms with Crippen LogP contribution in [0.15, 0.2) is 36.8 Å². The average molecular weight is 258 g/mol. The first-order valence-corrected chi connectivity index (χ1v) is 5.40. The van der Waals surface area contributed by atoms with E-state index in [1.807, 2.05) is 0 Å². The van der Waals surface area contributed by atoms with E-state index in [4.69, 9.17) is 5.11 Å². The summed E-state index contributed by atoms with van der Waals surface area (Å²) >= 11 is 0. The Bertz CT molecular complexity index is 601. The zero-order valence-electron chi connectivity index (χ0n) is 9.78. The van der Waals surface area contributed by atoms with Crippen molar-refractivity contribution < 1.29 is 14.7 Å². The van der Waals surface area contributed by atoms with Crippen LogP contribution in [0.25, 0.3) is 0 Å². The van der Waals surface area contributed by atoms with Crippen LogP contribution in [0.5, 0.6) is 0 Å².